The second-order valence-electron chi connectivity index (χ2n) is 10.00. The summed E-state index contributed by atoms with van der Waals surface area (Å²) in [7, 11) is 1.38. The second-order valence-corrected chi connectivity index (χ2v) is 10.00. The molecule has 0 saturated carbocycles. The summed E-state index contributed by atoms with van der Waals surface area (Å²) in [5, 5.41) is 13.0. The molecule has 3 rings (SSSR count). The number of rotatable bonds is 11. The molecule has 1 amide bonds. The van der Waals surface area contributed by atoms with E-state index in [-0.39, 0.29) is 23.3 Å². The summed E-state index contributed by atoms with van der Waals surface area (Å²) in [6.07, 6.45) is 3.45. The van der Waals surface area contributed by atoms with Crippen LogP contribution in [0.1, 0.15) is 62.5 Å². The fourth-order valence-electron chi connectivity index (χ4n) is 4.45. The smallest absolute Gasteiger partial charge is 0.329 e. The van der Waals surface area contributed by atoms with Crippen molar-refractivity contribution in [2.75, 3.05) is 20.3 Å². The molecule has 38 heavy (non-hydrogen) atoms. The van der Waals surface area contributed by atoms with Gasteiger partial charge in [-0.25, -0.2) is 9.78 Å². The van der Waals surface area contributed by atoms with Crippen LogP contribution in [0.2, 0.25) is 0 Å². The van der Waals surface area contributed by atoms with E-state index in [0.29, 0.717) is 38.4 Å². The van der Waals surface area contributed by atoms with Crippen molar-refractivity contribution >= 4 is 11.9 Å². The zero-order valence-electron chi connectivity index (χ0n) is 22.7. The fraction of sp³-hybridized carbons (Fsp3) is 0.552. The van der Waals surface area contributed by atoms with Crippen LogP contribution < -0.4 is 10.1 Å². The number of nitrogens with zero attached hydrogens (tertiary/aromatic N) is 1. The number of ether oxygens (including phenoxy) is 4. The highest BCUT2D eigenvalue weighted by Crippen LogP contribution is 2.28. The molecule has 0 bridgehead atoms. The Labute approximate surface area is 224 Å². The van der Waals surface area contributed by atoms with Crippen molar-refractivity contribution in [2.24, 2.45) is 5.92 Å². The van der Waals surface area contributed by atoms with E-state index in [9.17, 15) is 14.7 Å². The number of hydrogen-bond acceptors (Lipinski definition) is 8. The monoisotopic (exact) mass is 528 g/mol. The normalized spacial score (nSPS) is 22.2. The topological polar surface area (TPSA) is 116 Å². The molecule has 1 aliphatic rings. The van der Waals surface area contributed by atoms with Gasteiger partial charge < -0.3 is 29.4 Å². The van der Waals surface area contributed by atoms with E-state index in [1.807, 2.05) is 18.2 Å². The Morgan fingerprint density at radius 1 is 1.18 bits per heavy atom. The van der Waals surface area contributed by atoms with Crippen molar-refractivity contribution in [1.82, 2.24) is 10.3 Å². The minimum Gasteiger partial charge on any atom is -0.503 e. The lowest BCUT2D eigenvalue weighted by Gasteiger charge is -2.31. The average Bonchev–Trinajstić information content (AvgIpc) is 2.94. The third kappa shape index (κ3) is 8.43. The summed E-state index contributed by atoms with van der Waals surface area (Å²) in [4.78, 5) is 29.9. The van der Waals surface area contributed by atoms with Gasteiger partial charge in [0, 0.05) is 25.5 Å². The quantitative estimate of drug-likeness (QED) is 0.331. The van der Waals surface area contributed by atoms with Gasteiger partial charge >= 0.3 is 5.97 Å². The second kappa shape index (κ2) is 14.7. The number of aromatic hydroxyl groups is 1. The summed E-state index contributed by atoms with van der Waals surface area (Å²) in [6.45, 7) is 6.99. The van der Waals surface area contributed by atoms with Crippen LogP contribution in [0.15, 0.2) is 42.6 Å². The first-order valence-electron chi connectivity index (χ1n) is 13.3. The van der Waals surface area contributed by atoms with Gasteiger partial charge in [0.25, 0.3) is 5.91 Å². The molecular formula is C29H40N2O7. The van der Waals surface area contributed by atoms with Gasteiger partial charge in [0.1, 0.15) is 18.2 Å². The largest absolute Gasteiger partial charge is 0.503 e. The van der Waals surface area contributed by atoms with Crippen molar-refractivity contribution < 1.29 is 33.6 Å². The number of carbonyl (C=O) groups excluding carboxylic acids is 2. The number of cyclic esters (lactones) is 1. The van der Waals surface area contributed by atoms with Gasteiger partial charge in [-0.05, 0) is 50.5 Å². The van der Waals surface area contributed by atoms with Crippen molar-refractivity contribution in [2.45, 2.75) is 77.2 Å². The van der Waals surface area contributed by atoms with Crippen LogP contribution in [0.25, 0.3) is 0 Å². The maximum absolute atomic E-state index is 13.1. The first-order valence-corrected chi connectivity index (χ1v) is 13.3. The lowest BCUT2D eigenvalue weighted by atomic mass is 10.0. The highest BCUT2D eigenvalue weighted by atomic mass is 16.6. The molecule has 9 nitrogen and oxygen atoms in total. The molecule has 2 N–H and O–H groups in total. The average molecular weight is 529 g/mol. The number of pyridine rings is 1. The standard InChI is InChI=1S/C29H40N2O7/c1-19(2)18-37-27-20(3)38-29(34)22(31-28(33)25-26(32)23(35-4)15-16-30-25)13-8-14-24(27)36-17-9-12-21-10-6-5-7-11-21/h5-7,10-11,15-16,19-20,22,24,27,32H,8-9,12-14,17-18H2,1-4H3,(H,31,33)/t20-,22-,24-,27-/m0/s1. The minimum atomic E-state index is -0.903. The Hall–Kier alpha value is -3.17. The molecule has 4 atom stereocenters. The van der Waals surface area contributed by atoms with Gasteiger partial charge in [0.2, 0.25) is 0 Å². The van der Waals surface area contributed by atoms with Gasteiger partial charge in [0.05, 0.1) is 13.2 Å². The number of methoxy groups -OCH3 is 1. The van der Waals surface area contributed by atoms with Crippen LogP contribution in [0, 0.1) is 5.92 Å². The van der Waals surface area contributed by atoms with Crippen LogP contribution in [0.4, 0.5) is 0 Å². The summed E-state index contributed by atoms with van der Waals surface area (Å²) in [5.41, 5.74) is 1.04. The van der Waals surface area contributed by atoms with Gasteiger partial charge in [-0.3, -0.25) is 4.79 Å². The van der Waals surface area contributed by atoms with Gasteiger partial charge in [-0.15, -0.1) is 0 Å². The van der Waals surface area contributed by atoms with Gasteiger partial charge in [-0.1, -0.05) is 44.2 Å². The molecule has 0 unspecified atom stereocenters. The molecule has 1 aromatic carbocycles. The number of amides is 1. The Bertz CT molecular complexity index is 1030. The minimum absolute atomic E-state index is 0.119. The molecule has 2 heterocycles. The maximum Gasteiger partial charge on any atom is 0.329 e. The molecule has 0 radical (unpaired) electrons. The summed E-state index contributed by atoms with van der Waals surface area (Å²) < 4.78 is 23.4. The van der Waals surface area contributed by atoms with Crippen molar-refractivity contribution in [1.29, 1.82) is 0 Å². The molecule has 1 aromatic heterocycles. The third-order valence-corrected chi connectivity index (χ3v) is 6.43. The molecule has 0 spiro atoms. The molecule has 1 saturated heterocycles. The van der Waals surface area contributed by atoms with E-state index in [4.69, 9.17) is 18.9 Å². The van der Waals surface area contributed by atoms with E-state index in [1.165, 1.54) is 24.9 Å². The third-order valence-electron chi connectivity index (χ3n) is 6.43. The molecule has 1 aliphatic heterocycles. The summed E-state index contributed by atoms with van der Waals surface area (Å²) >= 11 is 0. The fourth-order valence-corrected chi connectivity index (χ4v) is 4.45. The molecule has 208 valence electrons. The molecule has 9 heteroatoms. The number of aryl methyl sites for hydroxylation is 1. The van der Waals surface area contributed by atoms with Crippen molar-refractivity contribution in [3.05, 3.63) is 53.9 Å². The highest BCUT2D eigenvalue weighted by Gasteiger charge is 2.36. The first kappa shape index (κ1) is 29.4. The van der Waals surface area contributed by atoms with Crippen molar-refractivity contribution in [3.63, 3.8) is 0 Å². The van der Waals surface area contributed by atoms with Crippen LogP contribution in [0.5, 0.6) is 11.5 Å². The number of aromatic nitrogens is 1. The van der Waals surface area contributed by atoms with E-state index in [2.05, 4.69) is 36.3 Å². The highest BCUT2D eigenvalue weighted by molar-refractivity contribution is 5.97. The van der Waals surface area contributed by atoms with Crippen LogP contribution in [-0.4, -0.2) is 66.6 Å². The SMILES string of the molecule is COc1ccnc(C(=O)N[C@H]2CCC[C@H](OCCCc3ccccc3)[C@@H](OCC(C)C)[C@H](C)OC2=O)c1O. The van der Waals surface area contributed by atoms with E-state index in [0.717, 1.165) is 12.8 Å². The van der Waals surface area contributed by atoms with Crippen LogP contribution >= 0.6 is 0 Å². The summed E-state index contributed by atoms with van der Waals surface area (Å²) in [6, 6.07) is 10.8. The Morgan fingerprint density at radius 2 is 1.95 bits per heavy atom. The number of hydrogen-bond donors (Lipinski definition) is 2. The Balaban J connectivity index is 1.67. The maximum atomic E-state index is 13.1. The summed E-state index contributed by atoms with van der Waals surface area (Å²) in [5.74, 6) is -1.20. The predicted molar refractivity (Wildman–Crippen MR) is 142 cm³/mol. The lowest BCUT2D eigenvalue weighted by Crippen LogP contribution is -2.46. The number of esters is 1. The molecular weight excluding hydrogens is 488 g/mol. The molecule has 0 aliphatic carbocycles. The van der Waals surface area contributed by atoms with Gasteiger partial charge in [0.15, 0.2) is 17.2 Å². The molecule has 1 fully saturated rings. The van der Waals surface area contributed by atoms with E-state index in [1.54, 1.807) is 6.92 Å². The lowest BCUT2D eigenvalue weighted by molar-refractivity contribution is -0.169. The van der Waals surface area contributed by atoms with Crippen LogP contribution in [0.3, 0.4) is 0 Å². The molecule has 2 aromatic rings. The zero-order chi connectivity index (χ0) is 27.5. The Morgan fingerprint density at radius 3 is 2.66 bits per heavy atom. The van der Waals surface area contributed by atoms with Crippen LogP contribution in [-0.2, 0) is 25.4 Å². The first-order chi connectivity index (χ1) is 18.3. The van der Waals surface area contributed by atoms with Crippen molar-refractivity contribution in [3.8, 4) is 11.5 Å². The van der Waals surface area contributed by atoms with Gasteiger partial charge in [-0.2, -0.15) is 0 Å². The number of nitrogens with one attached hydrogen (secondary N) is 1. The number of benzene rings is 1. The number of carbonyl (C=O) groups is 2. The van der Waals surface area contributed by atoms with E-state index >= 15 is 0 Å². The zero-order valence-corrected chi connectivity index (χ0v) is 22.7. The Kier molecular flexibility index (Phi) is 11.4. The predicted octanol–water partition coefficient (Wildman–Crippen LogP) is 4.07. The van der Waals surface area contributed by atoms with E-state index < -0.39 is 30.1 Å².